The van der Waals surface area contributed by atoms with Crippen molar-refractivity contribution in [3.05, 3.63) is 58.9 Å². The number of halogens is 2. The van der Waals surface area contributed by atoms with Gasteiger partial charge in [0.15, 0.2) is 0 Å². The number of anilines is 1. The van der Waals surface area contributed by atoms with Crippen molar-refractivity contribution in [1.29, 1.82) is 0 Å². The van der Waals surface area contributed by atoms with Crippen LogP contribution < -0.4 is 10.1 Å². The van der Waals surface area contributed by atoms with E-state index in [0.717, 1.165) is 11.1 Å². The van der Waals surface area contributed by atoms with Gasteiger partial charge in [0.2, 0.25) is 6.86 Å². The molecule has 0 aliphatic carbocycles. The fourth-order valence-corrected chi connectivity index (χ4v) is 2.13. The van der Waals surface area contributed by atoms with Crippen LogP contribution in [-0.2, 0) is 11.3 Å². The van der Waals surface area contributed by atoms with Crippen molar-refractivity contribution >= 4 is 11.8 Å². The minimum Gasteiger partial charge on any atom is -0.488 e. The molecule has 2 rings (SSSR count). The zero-order valence-corrected chi connectivity index (χ0v) is 12.9. The second kappa shape index (κ2) is 7.58. The Balaban J connectivity index is 2.16. The van der Waals surface area contributed by atoms with Gasteiger partial charge in [0, 0.05) is 5.56 Å². The van der Waals surface area contributed by atoms with Crippen molar-refractivity contribution in [3.8, 4) is 5.75 Å². The lowest BCUT2D eigenvalue weighted by molar-refractivity contribution is 0.111. The van der Waals surface area contributed by atoms with Gasteiger partial charge < -0.3 is 9.47 Å². The average molecular weight is 321 g/mol. The molecule has 0 atom stereocenters. The zero-order valence-electron chi connectivity index (χ0n) is 12.9. The molecule has 6 heteroatoms. The van der Waals surface area contributed by atoms with E-state index in [4.69, 9.17) is 4.74 Å². The summed E-state index contributed by atoms with van der Waals surface area (Å²) in [6, 6.07) is 9.82. The summed E-state index contributed by atoms with van der Waals surface area (Å²) in [7, 11) is 0. The van der Waals surface area contributed by atoms with E-state index in [1.165, 1.54) is 18.2 Å². The number of rotatable bonds is 5. The van der Waals surface area contributed by atoms with Gasteiger partial charge in [-0.25, -0.2) is 13.6 Å². The lowest BCUT2D eigenvalue weighted by atomic mass is 10.1. The first kappa shape index (κ1) is 16.7. The lowest BCUT2D eigenvalue weighted by Gasteiger charge is -2.14. The molecule has 2 aromatic carbocycles. The van der Waals surface area contributed by atoms with Gasteiger partial charge in [0.1, 0.15) is 18.2 Å². The van der Waals surface area contributed by atoms with Gasteiger partial charge in [-0.3, -0.25) is 5.32 Å². The molecule has 4 nitrogen and oxygen atoms in total. The maximum atomic E-state index is 14.0. The van der Waals surface area contributed by atoms with Crippen molar-refractivity contribution < 1.29 is 23.0 Å². The molecule has 0 radical (unpaired) electrons. The first-order valence-electron chi connectivity index (χ1n) is 6.98. The Hall–Kier alpha value is -2.63. The Morgan fingerprint density at radius 1 is 1.22 bits per heavy atom. The molecule has 0 saturated carbocycles. The summed E-state index contributed by atoms with van der Waals surface area (Å²) in [4.78, 5) is 11.3. The number of carbonyl (C=O) groups is 1. The fourth-order valence-electron chi connectivity index (χ4n) is 2.13. The van der Waals surface area contributed by atoms with Crippen LogP contribution in [0.2, 0.25) is 0 Å². The highest BCUT2D eigenvalue weighted by Crippen LogP contribution is 2.24. The molecule has 122 valence electrons. The summed E-state index contributed by atoms with van der Waals surface area (Å²) in [5.41, 5.74) is 2.35. The van der Waals surface area contributed by atoms with Gasteiger partial charge >= 0.3 is 6.09 Å². The van der Waals surface area contributed by atoms with E-state index in [1.807, 2.05) is 26.0 Å². The van der Waals surface area contributed by atoms with Crippen LogP contribution in [0.4, 0.5) is 19.3 Å². The van der Waals surface area contributed by atoms with Gasteiger partial charge in [0.05, 0.1) is 5.69 Å². The minimum absolute atomic E-state index is 0.0815. The number of hydrogen-bond acceptors (Lipinski definition) is 3. The van der Waals surface area contributed by atoms with Crippen LogP contribution in [0, 0.1) is 19.7 Å². The number of aryl methyl sites for hydroxylation is 2. The minimum atomic E-state index is -1.25. The third-order valence-corrected chi connectivity index (χ3v) is 3.24. The van der Waals surface area contributed by atoms with Crippen molar-refractivity contribution in [2.45, 2.75) is 20.5 Å². The molecule has 1 amide bonds. The molecule has 0 unspecified atom stereocenters. The number of amides is 1. The maximum absolute atomic E-state index is 14.0. The number of alkyl halides is 1. The highest BCUT2D eigenvalue weighted by atomic mass is 19.1. The molecule has 0 aliphatic rings. The van der Waals surface area contributed by atoms with E-state index < -0.39 is 18.8 Å². The Kier molecular flexibility index (Phi) is 5.51. The third-order valence-electron chi connectivity index (χ3n) is 3.24. The topological polar surface area (TPSA) is 47.6 Å². The fraction of sp³-hybridized carbons (Fsp3) is 0.235. The van der Waals surface area contributed by atoms with Crippen LogP contribution in [0.3, 0.4) is 0 Å². The normalized spacial score (nSPS) is 10.3. The average Bonchev–Trinajstić information content (AvgIpc) is 2.48. The first-order chi connectivity index (χ1) is 11.0. The van der Waals surface area contributed by atoms with E-state index in [0.29, 0.717) is 5.75 Å². The van der Waals surface area contributed by atoms with Crippen LogP contribution in [0.5, 0.6) is 5.75 Å². The number of ether oxygens (including phenoxy) is 2. The van der Waals surface area contributed by atoms with Crippen molar-refractivity contribution in [2.75, 3.05) is 12.2 Å². The standard InChI is InChI=1S/C17H17F2NO3/c1-11-6-7-16(12(2)8-11)22-9-13-14(19)4-3-5-15(13)20-17(21)23-10-18/h3-8H,9-10H2,1-2H3,(H,20,21). The molecule has 0 spiro atoms. The summed E-state index contributed by atoms with van der Waals surface area (Å²) >= 11 is 0. The van der Waals surface area contributed by atoms with Gasteiger partial charge in [-0.15, -0.1) is 0 Å². The Bertz CT molecular complexity index is 704. The first-order valence-corrected chi connectivity index (χ1v) is 6.98. The third kappa shape index (κ3) is 4.42. The van der Waals surface area contributed by atoms with Crippen LogP contribution in [0.25, 0.3) is 0 Å². The van der Waals surface area contributed by atoms with E-state index >= 15 is 0 Å². The summed E-state index contributed by atoms with van der Waals surface area (Å²) in [6.07, 6.45) is -0.995. The SMILES string of the molecule is Cc1ccc(OCc2c(F)cccc2NC(=O)OCF)c(C)c1. The van der Waals surface area contributed by atoms with Crippen molar-refractivity contribution in [1.82, 2.24) is 0 Å². The van der Waals surface area contributed by atoms with Gasteiger partial charge in [-0.1, -0.05) is 23.8 Å². The smallest absolute Gasteiger partial charge is 0.413 e. The molecular weight excluding hydrogens is 304 g/mol. The molecule has 0 fully saturated rings. The predicted molar refractivity (Wildman–Crippen MR) is 82.7 cm³/mol. The van der Waals surface area contributed by atoms with Crippen molar-refractivity contribution in [2.24, 2.45) is 0 Å². The van der Waals surface area contributed by atoms with Gasteiger partial charge in [-0.2, -0.15) is 0 Å². The summed E-state index contributed by atoms with van der Waals surface area (Å²) in [5, 5.41) is 2.29. The molecule has 23 heavy (non-hydrogen) atoms. The monoisotopic (exact) mass is 321 g/mol. The highest BCUT2D eigenvalue weighted by Gasteiger charge is 2.13. The molecule has 0 heterocycles. The Morgan fingerprint density at radius 2 is 2.00 bits per heavy atom. The molecule has 0 aromatic heterocycles. The van der Waals surface area contributed by atoms with Crippen LogP contribution in [-0.4, -0.2) is 13.0 Å². The Labute approximate surface area is 133 Å². The van der Waals surface area contributed by atoms with Gasteiger partial charge in [-0.05, 0) is 37.6 Å². The van der Waals surface area contributed by atoms with Crippen LogP contribution >= 0.6 is 0 Å². The largest absolute Gasteiger partial charge is 0.488 e. The molecule has 2 aromatic rings. The quantitative estimate of drug-likeness (QED) is 0.882. The number of hydrogen-bond donors (Lipinski definition) is 1. The number of carbonyl (C=O) groups excluding carboxylic acids is 1. The Morgan fingerprint density at radius 3 is 2.70 bits per heavy atom. The van der Waals surface area contributed by atoms with E-state index in [2.05, 4.69) is 10.1 Å². The molecule has 0 saturated heterocycles. The lowest BCUT2D eigenvalue weighted by Crippen LogP contribution is -2.15. The van der Waals surface area contributed by atoms with Crippen LogP contribution in [0.1, 0.15) is 16.7 Å². The summed E-state index contributed by atoms with van der Waals surface area (Å²) in [5.74, 6) is 0.0870. The summed E-state index contributed by atoms with van der Waals surface area (Å²) in [6.45, 7) is 2.52. The van der Waals surface area contributed by atoms with E-state index in [-0.39, 0.29) is 17.9 Å². The zero-order chi connectivity index (χ0) is 16.8. The second-order valence-electron chi connectivity index (χ2n) is 4.99. The van der Waals surface area contributed by atoms with E-state index in [1.54, 1.807) is 6.07 Å². The second-order valence-corrected chi connectivity index (χ2v) is 4.99. The number of nitrogens with one attached hydrogen (secondary N) is 1. The summed E-state index contributed by atoms with van der Waals surface area (Å²) < 4.78 is 35.8. The highest BCUT2D eigenvalue weighted by molar-refractivity contribution is 5.85. The molecule has 1 N–H and O–H groups in total. The van der Waals surface area contributed by atoms with Crippen molar-refractivity contribution in [3.63, 3.8) is 0 Å². The van der Waals surface area contributed by atoms with Crippen LogP contribution in [0.15, 0.2) is 36.4 Å². The number of benzene rings is 2. The predicted octanol–water partition coefficient (Wildman–Crippen LogP) is 4.50. The molecule has 0 bridgehead atoms. The van der Waals surface area contributed by atoms with Gasteiger partial charge in [0.25, 0.3) is 0 Å². The molecular formula is C17H17F2NO3. The maximum Gasteiger partial charge on any atom is 0.413 e. The molecule has 0 aliphatic heterocycles. The van der Waals surface area contributed by atoms with E-state index in [9.17, 15) is 13.6 Å².